The van der Waals surface area contributed by atoms with Crippen LogP contribution < -0.4 is 10.1 Å². The van der Waals surface area contributed by atoms with Crippen molar-refractivity contribution in [3.05, 3.63) is 71.8 Å². The average molecular weight is 527 g/mol. The van der Waals surface area contributed by atoms with Gasteiger partial charge in [-0.2, -0.15) is 0 Å². The number of carbonyl (C=O) groups excluding carboxylic acids is 3. The van der Waals surface area contributed by atoms with Crippen molar-refractivity contribution < 1.29 is 32.3 Å². The molecule has 3 aromatic carbocycles. The van der Waals surface area contributed by atoms with E-state index in [2.05, 4.69) is 15.0 Å². The van der Waals surface area contributed by atoms with Crippen molar-refractivity contribution in [2.75, 3.05) is 51.1 Å². The largest absolute Gasteiger partial charge is 0.573 e. The van der Waals surface area contributed by atoms with E-state index in [0.29, 0.717) is 49.2 Å². The normalized spacial score (nSPS) is 16.7. The Morgan fingerprint density at radius 2 is 1.42 bits per heavy atom. The molecule has 1 N–H and O–H groups in total. The second kappa shape index (κ2) is 10.4. The number of rotatable bonds is 7. The summed E-state index contributed by atoms with van der Waals surface area (Å²) in [5, 5.41) is 4.04. The van der Waals surface area contributed by atoms with E-state index in [9.17, 15) is 27.6 Å². The molecule has 5 rings (SSSR count). The SMILES string of the molecule is O=C(CN1CCN(CCN2C(=O)c3cccc4cccc(c34)C2=O)CC1)Nc1ccccc1OC(F)(F)F. The molecule has 0 aliphatic carbocycles. The monoisotopic (exact) mass is 526 g/mol. The lowest BCUT2D eigenvalue weighted by Gasteiger charge is -2.35. The number of piperazine rings is 1. The third-order valence-corrected chi connectivity index (χ3v) is 6.71. The zero-order chi connectivity index (χ0) is 26.9. The van der Waals surface area contributed by atoms with Crippen LogP contribution in [0.15, 0.2) is 60.7 Å². The Morgan fingerprint density at radius 3 is 2.05 bits per heavy atom. The van der Waals surface area contributed by atoms with Gasteiger partial charge in [-0.25, -0.2) is 0 Å². The van der Waals surface area contributed by atoms with Gasteiger partial charge in [0, 0.05) is 55.8 Å². The highest BCUT2D eigenvalue weighted by molar-refractivity contribution is 6.25. The molecule has 1 fully saturated rings. The molecule has 0 aromatic heterocycles. The van der Waals surface area contributed by atoms with Gasteiger partial charge in [-0.3, -0.25) is 29.1 Å². The summed E-state index contributed by atoms with van der Waals surface area (Å²) in [7, 11) is 0. The van der Waals surface area contributed by atoms with Gasteiger partial charge in [0.05, 0.1) is 12.2 Å². The third-order valence-electron chi connectivity index (χ3n) is 6.71. The Balaban J connectivity index is 1.12. The summed E-state index contributed by atoms with van der Waals surface area (Å²) in [6, 6.07) is 16.2. The van der Waals surface area contributed by atoms with Gasteiger partial charge in [0.15, 0.2) is 5.75 Å². The van der Waals surface area contributed by atoms with E-state index in [-0.39, 0.29) is 30.6 Å². The molecule has 0 radical (unpaired) electrons. The molecule has 8 nitrogen and oxygen atoms in total. The number of anilines is 1. The Hall–Kier alpha value is -3.96. The van der Waals surface area contributed by atoms with E-state index in [1.165, 1.54) is 23.1 Å². The summed E-state index contributed by atoms with van der Waals surface area (Å²) in [6.45, 7) is 3.10. The van der Waals surface area contributed by atoms with Crippen molar-refractivity contribution in [3.63, 3.8) is 0 Å². The van der Waals surface area contributed by atoms with Crippen LogP contribution in [-0.4, -0.2) is 84.6 Å². The molecule has 38 heavy (non-hydrogen) atoms. The highest BCUT2D eigenvalue weighted by atomic mass is 19.4. The van der Waals surface area contributed by atoms with Crippen LogP contribution in [0.3, 0.4) is 0 Å². The number of alkyl halides is 3. The molecular formula is C27H25F3N4O4. The maximum atomic E-state index is 13.1. The maximum absolute atomic E-state index is 13.1. The molecule has 0 saturated carbocycles. The number of para-hydroxylation sites is 2. The van der Waals surface area contributed by atoms with E-state index in [1.54, 1.807) is 12.1 Å². The number of hydrogen-bond donors (Lipinski definition) is 1. The van der Waals surface area contributed by atoms with Crippen molar-refractivity contribution in [1.29, 1.82) is 0 Å². The summed E-state index contributed by atoms with van der Waals surface area (Å²) in [5.41, 5.74) is 0.994. The van der Waals surface area contributed by atoms with Crippen molar-refractivity contribution in [3.8, 4) is 5.75 Å². The van der Waals surface area contributed by atoms with E-state index in [1.807, 2.05) is 29.2 Å². The Labute approximate surface area is 216 Å². The molecule has 0 unspecified atom stereocenters. The number of benzene rings is 3. The first-order chi connectivity index (χ1) is 18.2. The van der Waals surface area contributed by atoms with E-state index in [4.69, 9.17) is 0 Å². The van der Waals surface area contributed by atoms with Crippen molar-refractivity contribution in [2.45, 2.75) is 6.36 Å². The number of nitrogens with one attached hydrogen (secondary N) is 1. The van der Waals surface area contributed by atoms with E-state index in [0.717, 1.165) is 11.5 Å². The predicted octanol–water partition coefficient (Wildman–Crippen LogP) is 3.59. The summed E-state index contributed by atoms with van der Waals surface area (Å²) in [6.07, 6.45) is -4.86. The fraction of sp³-hybridized carbons (Fsp3) is 0.296. The Bertz CT molecular complexity index is 1340. The zero-order valence-corrected chi connectivity index (χ0v) is 20.3. The van der Waals surface area contributed by atoms with E-state index < -0.39 is 18.0 Å². The number of imide groups is 1. The van der Waals surface area contributed by atoms with Gasteiger partial charge >= 0.3 is 6.36 Å². The fourth-order valence-corrected chi connectivity index (χ4v) is 4.87. The fourth-order valence-electron chi connectivity index (χ4n) is 4.87. The molecule has 3 amide bonds. The highest BCUT2D eigenvalue weighted by Gasteiger charge is 2.34. The van der Waals surface area contributed by atoms with Gasteiger partial charge in [0.25, 0.3) is 11.8 Å². The second-order valence-corrected chi connectivity index (χ2v) is 9.18. The maximum Gasteiger partial charge on any atom is 0.573 e. The highest BCUT2D eigenvalue weighted by Crippen LogP contribution is 2.31. The molecule has 2 aliphatic rings. The van der Waals surface area contributed by atoms with Crippen LogP contribution >= 0.6 is 0 Å². The zero-order valence-electron chi connectivity index (χ0n) is 20.3. The summed E-state index contributed by atoms with van der Waals surface area (Å²) >= 11 is 0. The smallest absolute Gasteiger partial charge is 0.404 e. The number of amides is 3. The quantitative estimate of drug-likeness (QED) is 0.474. The minimum atomic E-state index is -4.86. The molecular weight excluding hydrogens is 501 g/mol. The lowest BCUT2D eigenvalue weighted by molar-refractivity contribution is -0.274. The standard InChI is InChI=1S/C27H25F3N4O4/c28-27(29,30)38-22-10-2-1-9-21(22)31-23(35)17-33-13-11-32(12-14-33)15-16-34-25(36)19-7-3-5-18-6-4-8-20(24(18)19)26(34)37/h1-10H,11-17H2,(H,31,35). The van der Waals surface area contributed by atoms with Gasteiger partial charge in [-0.05, 0) is 29.7 Å². The van der Waals surface area contributed by atoms with Gasteiger partial charge < -0.3 is 10.1 Å². The molecule has 2 aliphatic heterocycles. The van der Waals surface area contributed by atoms with Crippen LogP contribution in [0.1, 0.15) is 20.7 Å². The van der Waals surface area contributed by atoms with Gasteiger partial charge in [-0.15, -0.1) is 13.2 Å². The van der Waals surface area contributed by atoms with Gasteiger partial charge in [0.2, 0.25) is 5.91 Å². The summed E-state index contributed by atoms with van der Waals surface area (Å²) in [4.78, 5) is 43.9. The number of halogens is 3. The number of carbonyl (C=O) groups is 3. The predicted molar refractivity (Wildman–Crippen MR) is 134 cm³/mol. The first-order valence-electron chi connectivity index (χ1n) is 12.2. The summed E-state index contributed by atoms with van der Waals surface area (Å²) in [5.74, 6) is -1.53. The third kappa shape index (κ3) is 5.48. The first-order valence-corrected chi connectivity index (χ1v) is 12.2. The molecule has 3 aromatic rings. The number of hydrogen-bond acceptors (Lipinski definition) is 6. The van der Waals surface area contributed by atoms with Crippen LogP contribution in [-0.2, 0) is 4.79 Å². The van der Waals surface area contributed by atoms with Gasteiger partial charge in [-0.1, -0.05) is 36.4 Å². The Kier molecular flexibility index (Phi) is 7.04. The molecule has 198 valence electrons. The minimum Gasteiger partial charge on any atom is -0.404 e. The van der Waals surface area contributed by atoms with Crippen LogP contribution in [0, 0.1) is 0 Å². The van der Waals surface area contributed by atoms with Crippen LogP contribution in [0.5, 0.6) is 5.75 Å². The molecule has 0 bridgehead atoms. The molecule has 2 heterocycles. The molecule has 1 saturated heterocycles. The van der Waals surface area contributed by atoms with Crippen LogP contribution in [0.25, 0.3) is 10.8 Å². The lowest BCUT2D eigenvalue weighted by Crippen LogP contribution is -2.51. The van der Waals surface area contributed by atoms with Gasteiger partial charge in [0.1, 0.15) is 0 Å². The number of ether oxygens (including phenoxy) is 1. The lowest BCUT2D eigenvalue weighted by atomic mass is 9.94. The van der Waals surface area contributed by atoms with Crippen molar-refractivity contribution >= 4 is 34.2 Å². The topological polar surface area (TPSA) is 82.2 Å². The van der Waals surface area contributed by atoms with Crippen LogP contribution in [0.4, 0.5) is 18.9 Å². The van der Waals surface area contributed by atoms with E-state index >= 15 is 0 Å². The van der Waals surface area contributed by atoms with Crippen LogP contribution in [0.2, 0.25) is 0 Å². The average Bonchev–Trinajstić information content (AvgIpc) is 2.88. The summed E-state index contributed by atoms with van der Waals surface area (Å²) < 4.78 is 41.8. The molecule has 0 spiro atoms. The van der Waals surface area contributed by atoms with Crippen molar-refractivity contribution in [1.82, 2.24) is 14.7 Å². The second-order valence-electron chi connectivity index (χ2n) is 9.18. The number of nitrogens with zero attached hydrogens (tertiary/aromatic N) is 3. The minimum absolute atomic E-state index is 0.0120. The molecule has 11 heteroatoms. The first kappa shape index (κ1) is 25.7. The van der Waals surface area contributed by atoms with Crippen molar-refractivity contribution in [2.24, 2.45) is 0 Å². The molecule has 0 atom stereocenters. The Morgan fingerprint density at radius 1 is 0.816 bits per heavy atom.